The molecule has 6 heteroatoms. The number of para-hydroxylation sites is 2. The Morgan fingerprint density at radius 3 is 2.31 bits per heavy atom. The van der Waals surface area contributed by atoms with Crippen molar-refractivity contribution in [2.75, 3.05) is 20.3 Å². The van der Waals surface area contributed by atoms with Gasteiger partial charge in [-0.05, 0) is 43.5 Å². The van der Waals surface area contributed by atoms with Gasteiger partial charge in [0.2, 0.25) is 5.91 Å². The Bertz CT molecular complexity index is 822. The summed E-state index contributed by atoms with van der Waals surface area (Å²) in [5.41, 5.74) is 2.07. The molecule has 0 radical (unpaired) electrons. The van der Waals surface area contributed by atoms with Crippen molar-refractivity contribution < 1.29 is 19.1 Å². The number of nitrogens with one attached hydrogen (secondary N) is 1. The van der Waals surface area contributed by atoms with Gasteiger partial charge in [0, 0.05) is 13.1 Å². The molecular weight excluding hydrogens is 368 g/mol. The molecule has 6 nitrogen and oxygen atoms in total. The van der Waals surface area contributed by atoms with Crippen LogP contribution in [0.25, 0.3) is 0 Å². The summed E-state index contributed by atoms with van der Waals surface area (Å²) in [7, 11) is 1.55. The molecule has 2 aromatic carbocycles. The SMILES string of the molecule is CCNC(=O)[C@@H](CC)N(Cc1ccccc1C)C(=O)COc1ccccc1OC. The summed E-state index contributed by atoms with van der Waals surface area (Å²) in [6.07, 6.45) is 0.512. The maximum Gasteiger partial charge on any atom is 0.261 e. The molecule has 0 fully saturated rings. The van der Waals surface area contributed by atoms with Crippen molar-refractivity contribution in [2.45, 2.75) is 39.8 Å². The predicted molar refractivity (Wildman–Crippen MR) is 113 cm³/mol. The second kappa shape index (κ2) is 11.1. The molecule has 0 aliphatic heterocycles. The second-order valence-electron chi connectivity index (χ2n) is 6.71. The van der Waals surface area contributed by atoms with Crippen LogP contribution >= 0.6 is 0 Å². The highest BCUT2D eigenvalue weighted by atomic mass is 16.5. The molecular formula is C23H30N2O4. The fourth-order valence-electron chi connectivity index (χ4n) is 3.14. The summed E-state index contributed by atoms with van der Waals surface area (Å²) in [5, 5.41) is 2.83. The van der Waals surface area contributed by atoms with E-state index in [1.807, 2.05) is 57.2 Å². The first-order chi connectivity index (χ1) is 14.0. The van der Waals surface area contributed by atoms with Crippen LogP contribution in [0.15, 0.2) is 48.5 Å². The van der Waals surface area contributed by atoms with Gasteiger partial charge in [-0.3, -0.25) is 9.59 Å². The largest absolute Gasteiger partial charge is 0.493 e. The molecule has 2 aromatic rings. The quantitative estimate of drug-likeness (QED) is 0.667. The van der Waals surface area contributed by atoms with Gasteiger partial charge in [0.15, 0.2) is 18.1 Å². The molecule has 1 N–H and O–H groups in total. The third-order valence-electron chi connectivity index (χ3n) is 4.76. The monoisotopic (exact) mass is 398 g/mol. The number of carbonyl (C=O) groups is 2. The van der Waals surface area contributed by atoms with E-state index in [-0.39, 0.29) is 18.4 Å². The summed E-state index contributed by atoms with van der Waals surface area (Å²) in [5.74, 6) is 0.637. The van der Waals surface area contributed by atoms with Crippen LogP contribution in [-0.2, 0) is 16.1 Å². The van der Waals surface area contributed by atoms with Gasteiger partial charge >= 0.3 is 0 Å². The van der Waals surface area contributed by atoms with Gasteiger partial charge in [-0.1, -0.05) is 43.3 Å². The molecule has 0 aliphatic carbocycles. The zero-order valence-electron chi connectivity index (χ0n) is 17.6. The number of benzene rings is 2. The van der Waals surface area contributed by atoms with Gasteiger partial charge in [0.1, 0.15) is 6.04 Å². The van der Waals surface area contributed by atoms with E-state index in [9.17, 15) is 9.59 Å². The lowest BCUT2D eigenvalue weighted by molar-refractivity contribution is -0.143. The lowest BCUT2D eigenvalue weighted by Gasteiger charge is -2.31. The van der Waals surface area contributed by atoms with E-state index in [1.54, 1.807) is 24.1 Å². The van der Waals surface area contributed by atoms with Crippen LogP contribution in [0.1, 0.15) is 31.4 Å². The minimum absolute atomic E-state index is 0.158. The fraction of sp³-hybridized carbons (Fsp3) is 0.391. The average molecular weight is 399 g/mol. The van der Waals surface area contributed by atoms with Crippen LogP contribution < -0.4 is 14.8 Å². The lowest BCUT2D eigenvalue weighted by Crippen LogP contribution is -2.50. The molecule has 0 spiro atoms. The van der Waals surface area contributed by atoms with Crippen molar-refractivity contribution in [1.29, 1.82) is 0 Å². The molecule has 0 saturated heterocycles. The van der Waals surface area contributed by atoms with Gasteiger partial charge in [-0.15, -0.1) is 0 Å². The number of hydrogen-bond donors (Lipinski definition) is 1. The van der Waals surface area contributed by atoms with Gasteiger partial charge < -0.3 is 19.7 Å². The number of amides is 2. The second-order valence-corrected chi connectivity index (χ2v) is 6.71. The minimum atomic E-state index is -0.566. The Balaban J connectivity index is 2.23. The van der Waals surface area contributed by atoms with Crippen LogP contribution in [-0.4, -0.2) is 43.0 Å². The van der Waals surface area contributed by atoms with Crippen molar-refractivity contribution in [3.8, 4) is 11.5 Å². The first-order valence-corrected chi connectivity index (χ1v) is 9.89. The van der Waals surface area contributed by atoms with Crippen molar-refractivity contribution in [3.63, 3.8) is 0 Å². The standard InChI is InChI=1S/C23H30N2O4/c1-5-19(23(27)24-6-2)25(15-18-12-8-7-11-17(18)3)22(26)16-29-21-14-10-9-13-20(21)28-4/h7-14,19H,5-6,15-16H2,1-4H3,(H,24,27)/t19-/m1/s1. The van der Waals surface area contributed by atoms with Gasteiger partial charge in [-0.25, -0.2) is 0 Å². The maximum atomic E-state index is 13.1. The molecule has 29 heavy (non-hydrogen) atoms. The lowest BCUT2D eigenvalue weighted by atomic mass is 10.1. The van der Waals surface area contributed by atoms with E-state index >= 15 is 0 Å². The number of hydrogen-bond acceptors (Lipinski definition) is 4. The van der Waals surface area contributed by atoms with Crippen LogP contribution in [0.5, 0.6) is 11.5 Å². The number of rotatable bonds is 10. The van der Waals surface area contributed by atoms with E-state index in [2.05, 4.69) is 5.32 Å². The first-order valence-electron chi connectivity index (χ1n) is 9.89. The Morgan fingerprint density at radius 1 is 1.03 bits per heavy atom. The molecule has 156 valence electrons. The van der Waals surface area contributed by atoms with E-state index < -0.39 is 6.04 Å². The third kappa shape index (κ3) is 5.98. The van der Waals surface area contributed by atoms with E-state index in [0.29, 0.717) is 31.0 Å². The Hall–Kier alpha value is -3.02. The van der Waals surface area contributed by atoms with Gasteiger partial charge in [0.25, 0.3) is 5.91 Å². The fourth-order valence-corrected chi connectivity index (χ4v) is 3.14. The van der Waals surface area contributed by atoms with Crippen molar-refractivity contribution >= 4 is 11.8 Å². The van der Waals surface area contributed by atoms with Crippen molar-refractivity contribution in [3.05, 3.63) is 59.7 Å². The van der Waals surface area contributed by atoms with Crippen molar-refractivity contribution in [1.82, 2.24) is 10.2 Å². The molecule has 0 unspecified atom stereocenters. The first kappa shape index (κ1) is 22.3. The number of ether oxygens (including phenoxy) is 2. The summed E-state index contributed by atoms with van der Waals surface area (Å²) >= 11 is 0. The highest BCUT2D eigenvalue weighted by Gasteiger charge is 2.29. The Kier molecular flexibility index (Phi) is 8.52. The summed E-state index contributed by atoms with van der Waals surface area (Å²) in [4.78, 5) is 27.3. The number of carbonyl (C=O) groups excluding carboxylic acids is 2. The number of aryl methyl sites for hydroxylation is 1. The van der Waals surface area contributed by atoms with Crippen LogP contribution in [0, 0.1) is 6.92 Å². The molecule has 0 saturated carbocycles. The topological polar surface area (TPSA) is 67.9 Å². The zero-order chi connectivity index (χ0) is 21.2. The number of methoxy groups -OCH3 is 1. The van der Waals surface area contributed by atoms with Crippen LogP contribution in [0.4, 0.5) is 0 Å². The molecule has 0 aromatic heterocycles. The van der Waals surface area contributed by atoms with Gasteiger partial charge in [0.05, 0.1) is 7.11 Å². The Labute approximate surface area is 172 Å². The summed E-state index contributed by atoms with van der Waals surface area (Å²) in [6, 6.07) is 14.5. The van der Waals surface area contributed by atoms with E-state index in [0.717, 1.165) is 11.1 Å². The molecule has 0 heterocycles. The minimum Gasteiger partial charge on any atom is -0.493 e. The smallest absolute Gasteiger partial charge is 0.261 e. The normalized spacial score (nSPS) is 11.4. The summed E-state index contributed by atoms with van der Waals surface area (Å²) < 4.78 is 11.0. The Morgan fingerprint density at radius 2 is 1.69 bits per heavy atom. The molecule has 2 rings (SSSR count). The number of likely N-dealkylation sites (N-methyl/N-ethyl adjacent to an activating group) is 1. The molecule has 0 bridgehead atoms. The maximum absolute atomic E-state index is 13.1. The van der Waals surface area contributed by atoms with E-state index in [4.69, 9.17) is 9.47 Å². The number of nitrogens with zero attached hydrogens (tertiary/aromatic N) is 1. The average Bonchev–Trinajstić information content (AvgIpc) is 2.73. The predicted octanol–water partition coefficient (Wildman–Crippen LogP) is 3.33. The third-order valence-corrected chi connectivity index (χ3v) is 4.76. The van der Waals surface area contributed by atoms with Gasteiger partial charge in [-0.2, -0.15) is 0 Å². The van der Waals surface area contributed by atoms with Crippen LogP contribution in [0.2, 0.25) is 0 Å². The molecule has 2 amide bonds. The van der Waals surface area contributed by atoms with Crippen molar-refractivity contribution in [2.24, 2.45) is 0 Å². The highest BCUT2D eigenvalue weighted by Crippen LogP contribution is 2.26. The molecule has 1 atom stereocenters. The summed E-state index contributed by atoms with van der Waals surface area (Å²) in [6.45, 7) is 6.44. The molecule has 0 aliphatic rings. The van der Waals surface area contributed by atoms with E-state index in [1.165, 1.54) is 0 Å². The highest BCUT2D eigenvalue weighted by molar-refractivity contribution is 5.88. The zero-order valence-corrected chi connectivity index (χ0v) is 17.6. The van der Waals surface area contributed by atoms with Crippen LogP contribution in [0.3, 0.4) is 0 Å².